The molecule has 6 heteroatoms. The smallest absolute Gasteiger partial charge is 0.147 e. The van der Waals surface area contributed by atoms with Gasteiger partial charge in [0.25, 0.3) is 0 Å². The van der Waals surface area contributed by atoms with Gasteiger partial charge in [0.15, 0.2) is 0 Å². The Balaban J connectivity index is 2.49. The van der Waals surface area contributed by atoms with Gasteiger partial charge < -0.3 is 4.90 Å². The van der Waals surface area contributed by atoms with E-state index >= 15 is 0 Å². The van der Waals surface area contributed by atoms with Crippen molar-refractivity contribution in [3.05, 3.63) is 33.0 Å². The summed E-state index contributed by atoms with van der Waals surface area (Å²) < 4.78 is 15.2. The summed E-state index contributed by atoms with van der Waals surface area (Å²) in [6.07, 6.45) is 5.45. The molecule has 3 nitrogen and oxygen atoms in total. The van der Waals surface area contributed by atoms with Gasteiger partial charge in [0.05, 0.1) is 11.1 Å². The summed E-state index contributed by atoms with van der Waals surface area (Å²) in [5.74, 6) is 5.42. The zero-order valence-corrected chi connectivity index (χ0v) is 14.8. The molecule has 21 heavy (non-hydrogen) atoms. The van der Waals surface area contributed by atoms with Crippen molar-refractivity contribution in [2.75, 3.05) is 14.1 Å². The lowest BCUT2D eigenvalue weighted by molar-refractivity contribution is 0.0550. The third-order valence-corrected chi connectivity index (χ3v) is 5.95. The quantitative estimate of drug-likeness (QED) is 0.472. The van der Waals surface area contributed by atoms with Crippen molar-refractivity contribution in [3.8, 4) is 0 Å². The molecule has 0 spiro atoms. The zero-order chi connectivity index (χ0) is 15.6. The van der Waals surface area contributed by atoms with Crippen molar-refractivity contribution in [3.63, 3.8) is 0 Å². The van der Waals surface area contributed by atoms with Crippen molar-refractivity contribution in [1.29, 1.82) is 0 Å². The lowest BCUT2D eigenvalue weighted by Gasteiger charge is -2.48. The molecule has 1 atom stereocenters. The molecule has 0 heterocycles. The van der Waals surface area contributed by atoms with Gasteiger partial charge in [-0.3, -0.25) is 11.3 Å². The molecule has 1 aliphatic rings. The summed E-state index contributed by atoms with van der Waals surface area (Å²) >= 11 is 9.30. The molecule has 1 fully saturated rings. The molecule has 0 radical (unpaired) electrons. The molecule has 1 aromatic rings. The van der Waals surface area contributed by atoms with Crippen LogP contribution < -0.4 is 11.3 Å². The van der Waals surface area contributed by atoms with Crippen LogP contribution in [0.15, 0.2) is 16.6 Å². The van der Waals surface area contributed by atoms with Crippen LogP contribution in [0.2, 0.25) is 5.02 Å². The van der Waals surface area contributed by atoms with Crippen LogP contribution >= 0.6 is 27.5 Å². The molecule has 1 saturated carbocycles. The van der Waals surface area contributed by atoms with E-state index < -0.39 is 5.82 Å². The van der Waals surface area contributed by atoms with Gasteiger partial charge in [-0.25, -0.2) is 4.39 Å². The SMILES string of the molecule is CN(C)C1(C(NN)c2ccc(Br)c(Cl)c2F)CCCCC1. The molecular formula is C15H22BrClFN3. The first kappa shape index (κ1) is 17.2. The lowest BCUT2D eigenvalue weighted by atomic mass is 9.73. The molecule has 2 rings (SSSR count). The molecular weight excluding hydrogens is 357 g/mol. The summed E-state index contributed by atoms with van der Waals surface area (Å²) in [4.78, 5) is 2.17. The fourth-order valence-electron chi connectivity index (χ4n) is 3.46. The number of hydrogen-bond donors (Lipinski definition) is 2. The van der Waals surface area contributed by atoms with E-state index in [1.54, 1.807) is 12.1 Å². The minimum atomic E-state index is -0.402. The number of nitrogens with two attached hydrogens (primary N) is 1. The summed E-state index contributed by atoms with van der Waals surface area (Å²) in [5, 5.41) is 0.109. The van der Waals surface area contributed by atoms with Crippen LogP contribution in [-0.4, -0.2) is 24.5 Å². The number of rotatable bonds is 4. The van der Waals surface area contributed by atoms with Crippen LogP contribution in [0.4, 0.5) is 4.39 Å². The number of nitrogens with one attached hydrogen (secondary N) is 1. The Kier molecular flexibility index (Phi) is 5.65. The number of hydrogen-bond acceptors (Lipinski definition) is 3. The molecule has 1 unspecified atom stereocenters. The summed E-state index contributed by atoms with van der Waals surface area (Å²) in [7, 11) is 4.07. The highest BCUT2D eigenvalue weighted by Crippen LogP contribution is 2.43. The second-order valence-corrected chi connectivity index (χ2v) is 7.16. The average molecular weight is 379 g/mol. The maximum absolute atomic E-state index is 14.6. The number of hydrazine groups is 1. The van der Waals surface area contributed by atoms with Crippen LogP contribution in [0.3, 0.4) is 0 Å². The van der Waals surface area contributed by atoms with Crippen LogP contribution in [0.25, 0.3) is 0 Å². The highest BCUT2D eigenvalue weighted by atomic mass is 79.9. The topological polar surface area (TPSA) is 41.3 Å². The van der Waals surface area contributed by atoms with E-state index in [-0.39, 0.29) is 16.6 Å². The molecule has 3 N–H and O–H groups in total. The predicted octanol–water partition coefficient (Wildman–Crippen LogP) is 4.01. The Morgan fingerprint density at radius 2 is 1.95 bits per heavy atom. The summed E-state index contributed by atoms with van der Waals surface area (Å²) in [6.45, 7) is 0. The maximum Gasteiger partial charge on any atom is 0.147 e. The van der Waals surface area contributed by atoms with Crippen molar-refractivity contribution in [2.45, 2.75) is 43.7 Å². The van der Waals surface area contributed by atoms with Crippen LogP contribution in [0.1, 0.15) is 43.7 Å². The van der Waals surface area contributed by atoms with Gasteiger partial charge in [0.2, 0.25) is 0 Å². The first-order valence-corrected chi connectivity index (χ1v) is 8.38. The largest absolute Gasteiger partial charge is 0.302 e. The Morgan fingerprint density at radius 1 is 1.33 bits per heavy atom. The van der Waals surface area contributed by atoms with E-state index in [0.29, 0.717) is 10.0 Å². The normalized spacial score (nSPS) is 19.8. The Hall–Kier alpha value is -0.200. The third-order valence-electron chi connectivity index (χ3n) is 4.69. The van der Waals surface area contributed by atoms with E-state index in [0.717, 1.165) is 25.7 Å². The first-order chi connectivity index (χ1) is 9.94. The van der Waals surface area contributed by atoms with E-state index in [1.165, 1.54) is 6.42 Å². The van der Waals surface area contributed by atoms with Crippen molar-refractivity contribution < 1.29 is 4.39 Å². The monoisotopic (exact) mass is 377 g/mol. The average Bonchev–Trinajstić information content (AvgIpc) is 2.48. The van der Waals surface area contributed by atoms with E-state index in [1.807, 2.05) is 14.1 Å². The van der Waals surface area contributed by atoms with E-state index in [9.17, 15) is 4.39 Å². The fraction of sp³-hybridized carbons (Fsp3) is 0.600. The van der Waals surface area contributed by atoms with Crippen LogP contribution in [0, 0.1) is 5.82 Å². The third kappa shape index (κ3) is 3.13. The number of likely N-dealkylation sites (N-methyl/N-ethyl adjacent to an activating group) is 1. The molecule has 1 aromatic carbocycles. The van der Waals surface area contributed by atoms with Crippen molar-refractivity contribution in [1.82, 2.24) is 10.3 Å². The maximum atomic E-state index is 14.6. The van der Waals surface area contributed by atoms with Gasteiger partial charge in [-0.2, -0.15) is 0 Å². The number of benzene rings is 1. The predicted molar refractivity (Wildman–Crippen MR) is 88.7 cm³/mol. The number of nitrogens with zero attached hydrogens (tertiary/aromatic N) is 1. The molecule has 0 bridgehead atoms. The summed E-state index contributed by atoms with van der Waals surface area (Å²) in [5.41, 5.74) is 3.18. The Labute approximate surface area is 139 Å². The van der Waals surface area contributed by atoms with Gasteiger partial charge in [0, 0.05) is 15.6 Å². The molecule has 0 aliphatic heterocycles. The molecule has 1 aliphatic carbocycles. The Morgan fingerprint density at radius 3 is 2.48 bits per heavy atom. The zero-order valence-electron chi connectivity index (χ0n) is 12.4. The van der Waals surface area contributed by atoms with Gasteiger partial charge in [-0.15, -0.1) is 0 Å². The minimum absolute atomic E-state index is 0.109. The first-order valence-electron chi connectivity index (χ1n) is 7.21. The Bertz CT molecular complexity index is 504. The van der Waals surface area contributed by atoms with Crippen LogP contribution in [-0.2, 0) is 0 Å². The van der Waals surface area contributed by atoms with Crippen molar-refractivity contribution in [2.24, 2.45) is 5.84 Å². The second-order valence-electron chi connectivity index (χ2n) is 5.92. The summed E-state index contributed by atoms with van der Waals surface area (Å²) in [6, 6.07) is 3.24. The minimum Gasteiger partial charge on any atom is -0.302 e. The standard InChI is InChI=1S/C15H22BrClFN3/c1-21(2)15(8-4-3-5-9-15)14(20-19)10-6-7-11(16)12(17)13(10)18/h6-7,14,20H,3-5,8-9,19H2,1-2H3. The molecule has 0 saturated heterocycles. The van der Waals surface area contributed by atoms with Crippen LogP contribution in [0.5, 0.6) is 0 Å². The second kappa shape index (κ2) is 6.92. The fourth-order valence-corrected chi connectivity index (χ4v) is 3.93. The van der Waals surface area contributed by atoms with E-state index in [4.69, 9.17) is 17.4 Å². The van der Waals surface area contributed by atoms with Gasteiger partial charge in [-0.05, 0) is 48.9 Å². The van der Waals surface area contributed by atoms with E-state index in [2.05, 4.69) is 26.3 Å². The van der Waals surface area contributed by atoms with Gasteiger partial charge in [0.1, 0.15) is 5.82 Å². The molecule has 0 aromatic heterocycles. The van der Waals surface area contributed by atoms with Gasteiger partial charge in [-0.1, -0.05) is 36.9 Å². The highest BCUT2D eigenvalue weighted by Gasteiger charge is 2.43. The van der Waals surface area contributed by atoms with Crippen molar-refractivity contribution >= 4 is 27.5 Å². The lowest BCUT2D eigenvalue weighted by Crippen LogP contribution is -2.56. The highest BCUT2D eigenvalue weighted by molar-refractivity contribution is 9.10. The number of halogens is 3. The molecule has 0 amide bonds. The van der Waals surface area contributed by atoms with Gasteiger partial charge >= 0.3 is 0 Å². The molecule has 118 valence electrons.